The Morgan fingerprint density at radius 2 is 1.36 bits per heavy atom. The lowest BCUT2D eigenvalue weighted by molar-refractivity contribution is 0.371. The standard InChI is InChI=1S/C33H35ClF2O3S3/c1-33(2,3)41(27-10-6-4-7-11-27,28-12-8-5-9-13-28)39-21-23-40-22-20-32(30-24-26(35)16-19-31(30)36)42(37,38)29-17-14-25(34)15-18-29/h4-19,24,32H,20-23H2,1-3H3. The van der Waals surface area contributed by atoms with Crippen LogP contribution < -0.4 is 0 Å². The SMILES string of the molecule is CC(C)(C)S(OCCSCCC(c1cc(F)ccc1F)S(=O)(=O)c1ccc(Cl)cc1)(c1ccccc1)c1ccccc1. The van der Waals surface area contributed by atoms with Crippen molar-refractivity contribution in [3.05, 3.63) is 125 Å². The Bertz CT molecular complexity index is 1520. The molecule has 0 saturated carbocycles. The van der Waals surface area contributed by atoms with Crippen LogP contribution in [-0.4, -0.2) is 31.3 Å². The average molecular weight is 649 g/mol. The first-order chi connectivity index (χ1) is 20.0. The first-order valence-electron chi connectivity index (χ1n) is 13.6. The number of hydrogen-bond donors (Lipinski definition) is 0. The minimum absolute atomic E-state index is 0.0122. The van der Waals surface area contributed by atoms with Gasteiger partial charge in [0.2, 0.25) is 0 Å². The number of thioether (sulfide) groups is 1. The van der Waals surface area contributed by atoms with Gasteiger partial charge in [0.05, 0.1) is 16.8 Å². The zero-order valence-corrected chi connectivity index (χ0v) is 27.0. The van der Waals surface area contributed by atoms with Gasteiger partial charge >= 0.3 is 0 Å². The molecule has 1 atom stereocenters. The fourth-order valence-electron chi connectivity index (χ4n) is 4.92. The molecule has 0 aliphatic heterocycles. The molecule has 0 aliphatic rings. The molecule has 0 N–H and O–H groups in total. The minimum atomic E-state index is -4.02. The van der Waals surface area contributed by atoms with Gasteiger partial charge in [-0.2, -0.15) is 11.8 Å². The van der Waals surface area contributed by atoms with Crippen molar-refractivity contribution in [1.29, 1.82) is 0 Å². The predicted molar refractivity (Wildman–Crippen MR) is 172 cm³/mol. The lowest BCUT2D eigenvalue weighted by Gasteiger charge is -2.50. The van der Waals surface area contributed by atoms with Gasteiger partial charge in [0.15, 0.2) is 9.84 Å². The molecule has 0 aliphatic carbocycles. The van der Waals surface area contributed by atoms with Gasteiger partial charge in [-0.05, 0) is 99.7 Å². The monoisotopic (exact) mass is 648 g/mol. The maximum Gasteiger partial charge on any atom is 0.185 e. The molecule has 0 heterocycles. The van der Waals surface area contributed by atoms with E-state index in [1.54, 1.807) is 0 Å². The van der Waals surface area contributed by atoms with Gasteiger partial charge in [-0.25, -0.2) is 17.2 Å². The van der Waals surface area contributed by atoms with Crippen molar-refractivity contribution in [2.24, 2.45) is 0 Å². The largest absolute Gasteiger partial charge is 0.327 e. The van der Waals surface area contributed by atoms with Crippen LogP contribution >= 0.6 is 33.7 Å². The number of hydrogen-bond acceptors (Lipinski definition) is 4. The van der Waals surface area contributed by atoms with Crippen LogP contribution in [0.5, 0.6) is 0 Å². The van der Waals surface area contributed by atoms with Crippen molar-refractivity contribution >= 4 is 43.5 Å². The summed E-state index contributed by atoms with van der Waals surface area (Å²) in [6, 6.07) is 29.2. The second-order valence-electron chi connectivity index (χ2n) is 10.7. The number of rotatable bonds is 12. The highest BCUT2D eigenvalue weighted by Gasteiger charge is 2.41. The van der Waals surface area contributed by atoms with Gasteiger partial charge in [0, 0.05) is 30.9 Å². The Morgan fingerprint density at radius 1 is 0.786 bits per heavy atom. The highest BCUT2D eigenvalue weighted by molar-refractivity contribution is 8.31. The van der Waals surface area contributed by atoms with E-state index in [1.807, 2.05) is 36.4 Å². The maximum atomic E-state index is 14.8. The maximum absolute atomic E-state index is 14.8. The van der Waals surface area contributed by atoms with Crippen molar-refractivity contribution in [3.8, 4) is 0 Å². The highest BCUT2D eigenvalue weighted by Crippen LogP contribution is 2.71. The van der Waals surface area contributed by atoms with Crippen LogP contribution in [0, 0.1) is 11.6 Å². The van der Waals surface area contributed by atoms with Gasteiger partial charge in [0.25, 0.3) is 0 Å². The van der Waals surface area contributed by atoms with Crippen LogP contribution in [0.25, 0.3) is 0 Å². The molecule has 0 amide bonds. The van der Waals surface area contributed by atoms with E-state index in [2.05, 4.69) is 45.0 Å². The Labute approximate surface area is 259 Å². The summed E-state index contributed by atoms with van der Waals surface area (Å²) in [4.78, 5) is 2.27. The molecule has 9 heteroatoms. The molecule has 4 aromatic carbocycles. The molecule has 42 heavy (non-hydrogen) atoms. The molecule has 1 unspecified atom stereocenters. The average Bonchev–Trinajstić information content (AvgIpc) is 2.96. The van der Waals surface area contributed by atoms with E-state index in [-0.39, 0.29) is 21.6 Å². The third kappa shape index (κ3) is 7.22. The lowest BCUT2D eigenvalue weighted by Crippen LogP contribution is -2.28. The molecule has 3 nitrogen and oxygen atoms in total. The fourth-order valence-corrected chi connectivity index (χ4v) is 11.6. The first-order valence-corrected chi connectivity index (χ1v) is 18.2. The van der Waals surface area contributed by atoms with E-state index >= 15 is 0 Å². The summed E-state index contributed by atoms with van der Waals surface area (Å²) in [7, 11) is -5.92. The van der Waals surface area contributed by atoms with Crippen LogP contribution in [0.2, 0.25) is 5.02 Å². The van der Waals surface area contributed by atoms with Crippen molar-refractivity contribution < 1.29 is 21.4 Å². The molecule has 0 spiro atoms. The molecule has 0 saturated heterocycles. The van der Waals surface area contributed by atoms with Gasteiger partial charge in [-0.1, -0.05) is 58.3 Å². The van der Waals surface area contributed by atoms with E-state index in [4.69, 9.17) is 15.8 Å². The van der Waals surface area contributed by atoms with Crippen LogP contribution in [-0.2, 0) is 14.0 Å². The van der Waals surface area contributed by atoms with E-state index in [0.717, 1.165) is 28.0 Å². The molecule has 0 radical (unpaired) electrons. The number of benzene rings is 4. The summed E-state index contributed by atoms with van der Waals surface area (Å²) >= 11 is 7.49. The number of sulfone groups is 1. The molecule has 4 aromatic rings. The second kappa shape index (κ2) is 14.0. The molecule has 0 aromatic heterocycles. The molecule has 224 valence electrons. The van der Waals surface area contributed by atoms with E-state index in [9.17, 15) is 17.2 Å². The normalized spacial score (nSPS) is 13.6. The zero-order chi connectivity index (χ0) is 30.4. The Morgan fingerprint density at radius 3 is 1.90 bits per heavy atom. The first kappa shape index (κ1) is 32.6. The second-order valence-corrected chi connectivity index (χ2v) is 18.0. The van der Waals surface area contributed by atoms with Crippen LogP contribution in [0.4, 0.5) is 8.78 Å². The predicted octanol–water partition coefficient (Wildman–Crippen LogP) is 9.91. The summed E-state index contributed by atoms with van der Waals surface area (Å²) in [5.74, 6) is -0.432. The topological polar surface area (TPSA) is 43.4 Å². The molecule has 0 bridgehead atoms. The Kier molecular flexibility index (Phi) is 10.8. The van der Waals surface area contributed by atoms with Gasteiger partial charge in [0.1, 0.15) is 11.6 Å². The third-order valence-corrected chi connectivity index (χ3v) is 14.4. The summed E-state index contributed by atoms with van der Waals surface area (Å²) in [5, 5.41) is -0.867. The summed E-state index contributed by atoms with van der Waals surface area (Å²) < 4.78 is 62.9. The smallest absolute Gasteiger partial charge is 0.185 e. The van der Waals surface area contributed by atoms with Crippen molar-refractivity contribution in [1.82, 2.24) is 0 Å². The quantitative estimate of drug-likeness (QED) is 0.143. The minimum Gasteiger partial charge on any atom is -0.327 e. The summed E-state index contributed by atoms with van der Waals surface area (Å²) in [6.07, 6.45) is 0.102. The number of halogens is 3. The fraction of sp³-hybridized carbons (Fsp3) is 0.273. The molecular formula is C33H35ClF2O3S3. The van der Waals surface area contributed by atoms with Crippen LogP contribution in [0.3, 0.4) is 0 Å². The molecular weight excluding hydrogens is 614 g/mol. The van der Waals surface area contributed by atoms with Crippen molar-refractivity contribution in [3.63, 3.8) is 0 Å². The van der Waals surface area contributed by atoms with E-state index < -0.39 is 37.0 Å². The van der Waals surface area contributed by atoms with Gasteiger partial charge < -0.3 is 4.18 Å². The lowest BCUT2D eigenvalue weighted by atomic mass is 10.1. The summed E-state index contributed by atoms with van der Waals surface area (Å²) in [6.45, 7) is 7.00. The Hall–Kier alpha value is -2.36. The van der Waals surface area contributed by atoms with Crippen molar-refractivity contribution in [2.75, 3.05) is 18.1 Å². The van der Waals surface area contributed by atoms with Gasteiger partial charge in [-0.3, -0.25) is 0 Å². The summed E-state index contributed by atoms with van der Waals surface area (Å²) in [5.41, 5.74) is -0.175. The van der Waals surface area contributed by atoms with E-state index in [1.165, 1.54) is 36.0 Å². The van der Waals surface area contributed by atoms with Crippen molar-refractivity contribution in [2.45, 2.75) is 51.9 Å². The zero-order valence-electron chi connectivity index (χ0n) is 23.8. The Balaban J connectivity index is 1.52. The third-order valence-electron chi connectivity index (χ3n) is 6.85. The molecule has 0 fully saturated rings. The van der Waals surface area contributed by atoms with Crippen LogP contribution in [0.1, 0.15) is 38.0 Å². The highest BCUT2D eigenvalue weighted by atomic mass is 35.5. The van der Waals surface area contributed by atoms with E-state index in [0.29, 0.717) is 23.1 Å². The van der Waals surface area contributed by atoms with Crippen LogP contribution in [0.15, 0.2) is 118 Å². The molecule has 4 rings (SSSR count). The van der Waals surface area contributed by atoms with Gasteiger partial charge in [-0.15, -0.1) is 0 Å².